The number of nitrogens with two attached hydrogens (primary N) is 1. The molecule has 3 aromatic rings. The first kappa shape index (κ1) is 29.5. The van der Waals surface area contributed by atoms with Crippen LogP contribution < -0.4 is 20.5 Å². The molecule has 1 aromatic heterocycles. The van der Waals surface area contributed by atoms with Gasteiger partial charge < -0.3 is 24.6 Å². The van der Waals surface area contributed by atoms with Gasteiger partial charge in [0, 0.05) is 0 Å². The van der Waals surface area contributed by atoms with Gasteiger partial charge in [-0.1, -0.05) is 35.4 Å². The predicted molar refractivity (Wildman–Crippen MR) is 130 cm³/mol. The molecule has 40 heavy (non-hydrogen) atoms. The fourth-order valence-corrected chi connectivity index (χ4v) is 4.98. The van der Waals surface area contributed by atoms with Crippen LogP contribution in [0.4, 0.5) is 27.8 Å². The van der Waals surface area contributed by atoms with E-state index in [1.807, 2.05) is 0 Å². The van der Waals surface area contributed by atoms with Crippen molar-refractivity contribution < 1.29 is 49.9 Å². The Balaban J connectivity index is 1.69. The third-order valence-corrected chi connectivity index (χ3v) is 7.33. The lowest BCUT2D eigenvalue weighted by molar-refractivity contribution is -0.242. The second-order valence-corrected chi connectivity index (χ2v) is 10.5. The van der Waals surface area contributed by atoms with E-state index in [9.17, 15) is 27.6 Å². The number of nitrogens with zero attached hydrogens (tertiary/aromatic N) is 2. The maximum atomic E-state index is 15.3. The highest BCUT2D eigenvalue weighted by atomic mass is 31.2. The van der Waals surface area contributed by atoms with Crippen LogP contribution in [0.3, 0.4) is 0 Å². The molecular formula is C24H23F5N3O7P. The third kappa shape index (κ3) is 5.55. The Morgan fingerprint density at radius 3 is 2.05 bits per heavy atom. The number of alkyl halides is 4. The van der Waals surface area contributed by atoms with E-state index in [1.165, 1.54) is 24.3 Å². The number of rotatable bonds is 9. The van der Waals surface area contributed by atoms with Crippen LogP contribution in [0.15, 0.2) is 59.5 Å². The monoisotopic (exact) mass is 591 g/mol. The summed E-state index contributed by atoms with van der Waals surface area (Å²) >= 11 is 0. The van der Waals surface area contributed by atoms with E-state index in [0.717, 1.165) is 11.1 Å². The number of aryl methyl sites for hydroxylation is 2. The van der Waals surface area contributed by atoms with Gasteiger partial charge in [0.25, 0.3) is 6.43 Å². The van der Waals surface area contributed by atoms with Crippen LogP contribution in [-0.2, 0) is 13.8 Å². The summed E-state index contributed by atoms with van der Waals surface area (Å²) in [4.78, 5) is 15.2. The number of aliphatic hydroxyl groups excluding tert-OH is 1. The Bertz CT molecular complexity index is 1420. The molecule has 4 rings (SSSR count). The number of aliphatic hydroxyl groups is 1. The van der Waals surface area contributed by atoms with Crippen LogP contribution in [0.1, 0.15) is 17.4 Å². The minimum atomic E-state index is -5.01. The lowest BCUT2D eigenvalue weighted by atomic mass is 9.95. The molecule has 2 heterocycles. The predicted octanol–water partition coefficient (Wildman–Crippen LogP) is 4.39. The number of anilines is 1. The largest absolute Gasteiger partial charge is 0.587 e. The number of phosphoric ester groups is 1. The SMILES string of the molecule is Cc1ccc(OP(=O)(OC[C@@]2(C(F)F)O[C@@H](n3cc(F)c(N)nc3=O)[C@H](O)C2(F)F)Oc2ccc(C)cc2)cc1. The average molecular weight is 591 g/mol. The number of hydrogen-bond donors (Lipinski definition) is 2. The fourth-order valence-electron chi connectivity index (χ4n) is 3.73. The van der Waals surface area contributed by atoms with Gasteiger partial charge in [-0.3, -0.25) is 9.09 Å². The first-order valence-corrected chi connectivity index (χ1v) is 13.0. The summed E-state index contributed by atoms with van der Waals surface area (Å²) in [5.74, 6) is -7.33. The maximum Gasteiger partial charge on any atom is 0.587 e. The molecule has 0 bridgehead atoms. The minimum absolute atomic E-state index is 0.0413. The number of phosphoric acid groups is 1. The van der Waals surface area contributed by atoms with E-state index in [-0.39, 0.29) is 22.3 Å². The van der Waals surface area contributed by atoms with Crippen LogP contribution in [0.25, 0.3) is 0 Å². The molecule has 3 N–H and O–H groups in total. The Kier molecular flexibility index (Phi) is 7.96. The lowest BCUT2D eigenvalue weighted by Gasteiger charge is -2.33. The highest BCUT2D eigenvalue weighted by Crippen LogP contribution is 2.56. The zero-order valence-corrected chi connectivity index (χ0v) is 21.7. The van der Waals surface area contributed by atoms with Gasteiger partial charge in [-0.2, -0.15) is 13.8 Å². The molecule has 0 amide bonds. The van der Waals surface area contributed by atoms with E-state index in [2.05, 4.69) is 4.98 Å². The van der Waals surface area contributed by atoms with Gasteiger partial charge >= 0.3 is 19.4 Å². The molecule has 216 valence electrons. The van der Waals surface area contributed by atoms with Crippen molar-refractivity contribution in [2.45, 2.75) is 44.1 Å². The van der Waals surface area contributed by atoms with Crippen LogP contribution >= 0.6 is 7.82 Å². The molecule has 1 aliphatic heterocycles. The zero-order valence-electron chi connectivity index (χ0n) is 20.8. The smallest absolute Gasteiger partial charge is 0.395 e. The molecule has 1 fully saturated rings. The molecular weight excluding hydrogens is 568 g/mol. The van der Waals surface area contributed by atoms with Crippen molar-refractivity contribution in [2.75, 3.05) is 12.3 Å². The number of benzene rings is 2. The van der Waals surface area contributed by atoms with E-state index in [1.54, 1.807) is 38.1 Å². The normalized spacial score (nSPS) is 22.4. The molecule has 16 heteroatoms. The Morgan fingerprint density at radius 2 is 1.57 bits per heavy atom. The average Bonchev–Trinajstić information content (AvgIpc) is 3.09. The topological polar surface area (TPSA) is 135 Å². The Morgan fingerprint density at radius 1 is 1.07 bits per heavy atom. The second-order valence-electron chi connectivity index (χ2n) is 8.96. The summed E-state index contributed by atoms with van der Waals surface area (Å²) in [5.41, 5.74) is 1.25. The highest BCUT2D eigenvalue weighted by molar-refractivity contribution is 7.49. The lowest BCUT2D eigenvalue weighted by Crippen LogP contribution is -2.57. The third-order valence-electron chi connectivity index (χ3n) is 6.01. The number of aromatic nitrogens is 2. The first-order chi connectivity index (χ1) is 18.7. The summed E-state index contributed by atoms with van der Waals surface area (Å²) in [6.45, 7) is 1.62. The molecule has 0 saturated carbocycles. The summed E-state index contributed by atoms with van der Waals surface area (Å²) in [6, 6.07) is 11.6. The first-order valence-electron chi connectivity index (χ1n) is 11.5. The molecule has 0 aliphatic carbocycles. The molecule has 2 aromatic carbocycles. The van der Waals surface area contributed by atoms with Crippen molar-refractivity contribution in [1.82, 2.24) is 9.55 Å². The molecule has 0 spiro atoms. The maximum absolute atomic E-state index is 15.3. The number of ether oxygens (including phenoxy) is 1. The second kappa shape index (κ2) is 10.8. The van der Waals surface area contributed by atoms with Crippen molar-refractivity contribution in [1.29, 1.82) is 0 Å². The zero-order chi connectivity index (χ0) is 29.5. The van der Waals surface area contributed by atoms with Crippen molar-refractivity contribution in [3.8, 4) is 11.5 Å². The van der Waals surface area contributed by atoms with Crippen LogP contribution in [0.2, 0.25) is 0 Å². The van der Waals surface area contributed by atoms with E-state index in [4.69, 9.17) is 24.0 Å². The van der Waals surface area contributed by atoms with Gasteiger partial charge in [0.1, 0.15) is 18.1 Å². The number of halogens is 5. The van der Waals surface area contributed by atoms with Gasteiger partial charge in [-0.05, 0) is 38.1 Å². The molecule has 1 aliphatic rings. The van der Waals surface area contributed by atoms with Crippen LogP contribution in [0, 0.1) is 19.7 Å². The van der Waals surface area contributed by atoms with Gasteiger partial charge in [0.2, 0.25) is 5.60 Å². The Hall–Kier alpha value is -3.52. The van der Waals surface area contributed by atoms with Gasteiger partial charge in [0.15, 0.2) is 24.0 Å². The standard InChI is InChI=1S/C24H23F5N3O7P/c1-13-3-7-15(8-4-13)38-40(35,39-16-9-5-14(2)6-10-16)36-12-23(21(26)27)24(28,29)18(33)20(37-23)32-11-17(25)19(30)31-22(32)34/h3-11,18,20-21,33H,12H2,1-2H3,(H2,30,31,34)/t18-,20+,23-/m0/s1. The van der Waals surface area contributed by atoms with Gasteiger partial charge in [-0.15, -0.1) is 0 Å². The molecule has 10 nitrogen and oxygen atoms in total. The van der Waals surface area contributed by atoms with Crippen molar-refractivity contribution in [3.05, 3.63) is 82.2 Å². The number of hydrogen-bond acceptors (Lipinski definition) is 9. The van der Waals surface area contributed by atoms with E-state index >= 15 is 8.78 Å². The molecule has 3 atom stereocenters. The summed E-state index contributed by atoms with van der Waals surface area (Å²) in [5, 5.41) is 10.3. The Labute approximate surface area is 223 Å². The quantitative estimate of drug-likeness (QED) is 0.274. The summed E-state index contributed by atoms with van der Waals surface area (Å²) in [7, 11) is -5.01. The molecule has 0 unspecified atom stereocenters. The molecule has 1 saturated heterocycles. The van der Waals surface area contributed by atoms with Gasteiger partial charge in [0.05, 0.1) is 6.20 Å². The van der Waals surface area contributed by atoms with E-state index < -0.39 is 62.0 Å². The van der Waals surface area contributed by atoms with Crippen molar-refractivity contribution >= 4 is 13.6 Å². The van der Waals surface area contributed by atoms with Crippen molar-refractivity contribution in [2.24, 2.45) is 0 Å². The van der Waals surface area contributed by atoms with Crippen LogP contribution in [-0.4, -0.2) is 45.3 Å². The summed E-state index contributed by atoms with van der Waals surface area (Å²) < 4.78 is 107. The summed E-state index contributed by atoms with van der Waals surface area (Å²) in [6.07, 6.45) is -9.51. The van der Waals surface area contributed by atoms with Crippen molar-refractivity contribution in [3.63, 3.8) is 0 Å². The van der Waals surface area contributed by atoms with Gasteiger partial charge in [-0.25, -0.2) is 22.5 Å². The van der Waals surface area contributed by atoms with E-state index in [0.29, 0.717) is 0 Å². The number of nitrogen functional groups attached to an aromatic ring is 1. The fraction of sp³-hybridized carbons (Fsp3) is 0.333. The minimum Gasteiger partial charge on any atom is -0.395 e. The van der Waals surface area contributed by atoms with Crippen LogP contribution in [0.5, 0.6) is 11.5 Å². The highest BCUT2D eigenvalue weighted by Gasteiger charge is 2.74. The molecule has 0 radical (unpaired) electrons.